The van der Waals surface area contributed by atoms with Gasteiger partial charge in [-0.1, -0.05) is 31.4 Å². The van der Waals surface area contributed by atoms with E-state index in [1.54, 1.807) is 6.26 Å². The third-order valence-corrected chi connectivity index (χ3v) is 5.20. The fourth-order valence-electron chi connectivity index (χ4n) is 3.27. The summed E-state index contributed by atoms with van der Waals surface area (Å²) in [5.74, 6) is 0.540. The largest absolute Gasteiger partial charge is 0.330 e. The quantitative estimate of drug-likeness (QED) is 0.846. The highest BCUT2D eigenvalue weighted by molar-refractivity contribution is 7.83. The number of anilines is 1. The molecule has 1 unspecified atom stereocenters. The molecule has 0 bridgehead atoms. The molecule has 0 heterocycles. The second-order valence-corrected chi connectivity index (χ2v) is 7.84. The van der Waals surface area contributed by atoms with Gasteiger partial charge < -0.3 is 11.1 Å². The van der Waals surface area contributed by atoms with Gasteiger partial charge in [0.05, 0.1) is 0 Å². The number of hydrogen-bond donors (Lipinski definition) is 2. The molecule has 0 saturated heterocycles. The summed E-state index contributed by atoms with van der Waals surface area (Å²) in [4.78, 5) is 12.4. The van der Waals surface area contributed by atoms with E-state index in [9.17, 15) is 9.00 Å². The van der Waals surface area contributed by atoms with Crippen molar-refractivity contribution in [3.8, 4) is 0 Å². The van der Waals surface area contributed by atoms with E-state index in [0.717, 1.165) is 24.1 Å². The van der Waals surface area contributed by atoms with Crippen molar-refractivity contribution in [2.24, 2.45) is 11.1 Å². The predicted octanol–water partition coefficient (Wildman–Crippen LogP) is 2.80. The van der Waals surface area contributed by atoms with Crippen LogP contribution in [-0.2, 0) is 21.3 Å². The number of hydrogen-bond acceptors (Lipinski definition) is 3. The van der Waals surface area contributed by atoms with Crippen molar-refractivity contribution in [2.75, 3.05) is 18.1 Å². The minimum absolute atomic E-state index is 0.0230. The van der Waals surface area contributed by atoms with Crippen molar-refractivity contribution in [3.63, 3.8) is 0 Å². The van der Waals surface area contributed by atoms with Gasteiger partial charge in [-0.2, -0.15) is 0 Å². The summed E-state index contributed by atoms with van der Waals surface area (Å²) in [6, 6.07) is 7.59. The zero-order valence-electron chi connectivity index (χ0n) is 13.3. The molecule has 0 radical (unpaired) electrons. The van der Waals surface area contributed by atoms with E-state index in [4.69, 9.17) is 5.73 Å². The second kappa shape index (κ2) is 7.88. The monoisotopic (exact) mass is 322 g/mol. The maximum absolute atomic E-state index is 12.4. The molecular weight excluding hydrogens is 296 g/mol. The fourth-order valence-corrected chi connectivity index (χ4v) is 3.92. The van der Waals surface area contributed by atoms with Crippen molar-refractivity contribution in [1.29, 1.82) is 0 Å². The molecule has 0 spiro atoms. The maximum atomic E-state index is 12.4. The average Bonchev–Trinajstić information content (AvgIpc) is 2.47. The molecule has 1 aromatic carbocycles. The Morgan fingerprint density at radius 1 is 1.32 bits per heavy atom. The standard InChI is InChI=1S/C17H26N2O2S/c1-22(21)12-14-6-5-7-15(10-14)19-16(20)11-17(13-18)8-3-2-4-9-17/h5-7,10H,2-4,8-9,11-13,18H2,1H3,(H,19,20). The maximum Gasteiger partial charge on any atom is 0.224 e. The minimum atomic E-state index is -0.881. The fraction of sp³-hybridized carbons (Fsp3) is 0.588. The lowest BCUT2D eigenvalue weighted by Gasteiger charge is -2.35. The molecule has 3 N–H and O–H groups in total. The third kappa shape index (κ3) is 4.92. The summed E-state index contributed by atoms with van der Waals surface area (Å²) in [6.45, 7) is 0.579. The average molecular weight is 322 g/mol. The summed E-state index contributed by atoms with van der Waals surface area (Å²) >= 11 is 0. The molecule has 0 aromatic heterocycles. The van der Waals surface area contributed by atoms with E-state index in [-0.39, 0.29) is 11.3 Å². The van der Waals surface area contributed by atoms with E-state index < -0.39 is 10.8 Å². The van der Waals surface area contributed by atoms with Crippen molar-refractivity contribution >= 4 is 22.4 Å². The Balaban J connectivity index is 1.97. The highest BCUT2D eigenvalue weighted by Gasteiger charge is 2.32. The van der Waals surface area contributed by atoms with E-state index in [2.05, 4.69) is 5.32 Å². The molecule has 22 heavy (non-hydrogen) atoms. The minimum Gasteiger partial charge on any atom is -0.330 e. The molecule has 1 amide bonds. The van der Waals surface area contributed by atoms with Crippen LogP contribution in [0.1, 0.15) is 44.1 Å². The summed E-state index contributed by atoms with van der Waals surface area (Å²) in [6.07, 6.45) is 7.86. The molecule has 4 nitrogen and oxygen atoms in total. The zero-order valence-corrected chi connectivity index (χ0v) is 14.1. The van der Waals surface area contributed by atoms with Crippen LogP contribution in [0.3, 0.4) is 0 Å². The molecule has 1 aliphatic rings. The smallest absolute Gasteiger partial charge is 0.224 e. The Hall–Kier alpha value is -1.20. The number of carbonyl (C=O) groups excluding carboxylic acids is 1. The molecule has 5 heteroatoms. The van der Waals surface area contributed by atoms with Gasteiger partial charge in [0, 0.05) is 34.9 Å². The van der Waals surface area contributed by atoms with E-state index in [1.807, 2.05) is 24.3 Å². The lowest BCUT2D eigenvalue weighted by Crippen LogP contribution is -2.36. The Bertz CT molecular complexity index is 539. The normalized spacial score (nSPS) is 18.6. The van der Waals surface area contributed by atoms with Crippen molar-refractivity contribution in [1.82, 2.24) is 0 Å². The molecular formula is C17H26N2O2S. The van der Waals surface area contributed by atoms with Gasteiger partial charge in [0.1, 0.15) is 0 Å². The van der Waals surface area contributed by atoms with Crippen LogP contribution >= 0.6 is 0 Å². The summed E-state index contributed by atoms with van der Waals surface area (Å²) in [5.41, 5.74) is 7.67. The molecule has 2 rings (SSSR count). The number of nitrogens with two attached hydrogens (primary N) is 1. The predicted molar refractivity (Wildman–Crippen MR) is 92.0 cm³/mol. The van der Waals surface area contributed by atoms with E-state index in [1.165, 1.54) is 19.3 Å². The van der Waals surface area contributed by atoms with Gasteiger partial charge >= 0.3 is 0 Å². The highest BCUT2D eigenvalue weighted by atomic mass is 32.2. The van der Waals surface area contributed by atoms with Crippen LogP contribution in [0.2, 0.25) is 0 Å². The van der Waals surface area contributed by atoms with Gasteiger partial charge in [0.15, 0.2) is 0 Å². The van der Waals surface area contributed by atoms with Crippen molar-refractivity contribution < 1.29 is 9.00 Å². The number of rotatable bonds is 6. The van der Waals surface area contributed by atoms with E-state index in [0.29, 0.717) is 18.7 Å². The second-order valence-electron chi connectivity index (χ2n) is 6.41. The van der Waals surface area contributed by atoms with Crippen LogP contribution in [0.15, 0.2) is 24.3 Å². The van der Waals surface area contributed by atoms with Crippen LogP contribution in [0.5, 0.6) is 0 Å². The summed E-state index contributed by atoms with van der Waals surface area (Å²) in [5, 5.41) is 2.97. The molecule has 1 fully saturated rings. The first-order valence-corrected chi connectivity index (χ1v) is 9.65. The van der Waals surface area contributed by atoms with Gasteiger partial charge in [0.2, 0.25) is 5.91 Å². The molecule has 1 atom stereocenters. The zero-order chi connectivity index (χ0) is 16.0. The van der Waals surface area contributed by atoms with Crippen LogP contribution in [0.4, 0.5) is 5.69 Å². The van der Waals surface area contributed by atoms with Crippen molar-refractivity contribution in [2.45, 2.75) is 44.3 Å². The molecule has 1 aromatic rings. The Morgan fingerprint density at radius 2 is 2.05 bits per heavy atom. The van der Waals surface area contributed by atoms with Gasteiger partial charge in [-0.05, 0) is 42.5 Å². The first-order chi connectivity index (χ1) is 10.5. The number of nitrogens with one attached hydrogen (secondary N) is 1. The van der Waals surface area contributed by atoms with Crippen LogP contribution in [0, 0.1) is 5.41 Å². The third-order valence-electron chi connectivity index (χ3n) is 4.46. The number of amides is 1. The first-order valence-electron chi connectivity index (χ1n) is 7.92. The van der Waals surface area contributed by atoms with Crippen LogP contribution < -0.4 is 11.1 Å². The van der Waals surface area contributed by atoms with E-state index >= 15 is 0 Å². The van der Waals surface area contributed by atoms with Gasteiger partial charge in [0.25, 0.3) is 0 Å². The topological polar surface area (TPSA) is 72.2 Å². The lowest BCUT2D eigenvalue weighted by molar-refractivity contribution is -0.118. The number of carbonyl (C=O) groups is 1. The van der Waals surface area contributed by atoms with Crippen LogP contribution in [0.25, 0.3) is 0 Å². The SMILES string of the molecule is CS(=O)Cc1cccc(NC(=O)CC2(CN)CCCCC2)c1. The molecule has 122 valence electrons. The Kier molecular flexibility index (Phi) is 6.15. The van der Waals surface area contributed by atoms with Crippen LogP contribution in [-0.4, -0.2) is 22.9 Å². The summed E-state index contributed by atoms with van der Waals surface area (Å²) < 4.78 is 11.3. The first kappa shape index (κ1) is 17.2. The van der Waals surface area contributed by atoms with Gasteiger partial charge in [-0.15, -0.1) is 0 Å². The Morgan fingerprint density at radius 3 is 2.68 bits per heavy atom. The number of benzene rings is 1. The highest BCUT2D eigenvalue weighted by Crippen LogP contribution is 2.38. The lowest BCUT2D eigenvalue weighted by atomic mass is 9.71. The van der Waals surface area contributed by atoms with Crippen molar-refractivity contribution in [3.05, 3.63) is 29.8 Å². The Labute approximate surface area is 135 Å². The molecule has 0 aliphatic heterocycles. The van der Waals surface area contributed by atoms with Gasteiger partial charge in [-0.3, -0.25) is 9.00 Å². The molecule has 1 aliphatic carbocycles. The molecule has 1 saturated carbocycles. The summed E-state index contributed by atoms with van der Waals surface area (Å²) in [7, 11) is -0.881. The van der Waals surface area contributed by atoms with Gasteiger partial charge in [-0.25, -0.2) is 0 Å².